The van der Waals surface area contributed by atoms with Crippen molar-refractivity contribution in [1.82, 2.24) is 14.8 Å². The number of piperidine rings is 1. The van der Waals surface area contributed by atoms with E-state index < -0.39 is 0 Å². The summed E-state index contributed by atoms with van der Waals surface area (Å²) in [5.41, 5.74) is 2.55. The number of amides is 1. The van der Waals surface area contributed by atoms with E-state index in [1.54, 1.807) is 0 Å². The lowest BCUT2D eigenvalue weighted by Gasteiger charge is -2.39. The molecule has 5 nitrogen and oxygen atoms in total. The molecule has 3 rings (SSSR count). The predicted octanol–water partition coefficient (Wildman–Crippen LogP) is 2.03. The molecule has 0 spiro atoms. The molecule has 0 saturated carbocycles. The molecule has 5 heteroatoms. The number of aryl methyl sites for hydroxylation is 2. The van der Waals surface area contributed by atoms with Gasteiger partial charge < -0.3 is 9.64 Å². The number of hydrogen-bond acceptors (Lipinski definition) is 4. The van der Waals surface area contributed by atoms with Gasteiger partial charge in [0.25, 0.3) is 5.91 Å². The Balaban J connectivity index is 1.73. The minimum absolute atomic E-state index is 0.146. The van der Waals surface area contributed by atoms with Gasteiger partial charge >= 0.3 is 0 Å². The zero-order chi connectivity index (χ0) is 16.2. The number of ether oxygens (including phenoxy) is 1. The Kier molecular flexibility index (Phi) is 5.28. The van der Waals surface area contributed by atoms with Crippen molar-refractivity contribution >= 4 is 5.91 Å². The molecule has 1 amide bonds. The summed E-state index contributed by atoms with van der Waals surface area (Å²) >= 11 is 0. The van der Waals surface area contributed by atoms with Crippen LogP contribution in [0.3, 0.4) is 0 Å². The summed E-state index contributed by atoms with van der Waals surface area (Å²) in [6, 6.07) is 4.18. The lowest BCUT2D eigenvalue weighted by atomic mass is 9.99. The highest BCUT2D eigenvalue weighted by atomic mass is 16.5. The molecule has 1 atom stereocenters. The molecule has 23 heavy (non-hydrogen) atoms. The normalized spacial score (nSPS) is 23.0. The second-order valence-corrected chi connectivity index (χ2v) is 6.65. The predicted molar refractivity (Wildman–Crippen MR) is 89.6 cm³/mol. The van der Waals surface area contributed by atoms with Gasteiger partial charge in [-0.05, 0) is 45.2 Å². The van der Waals surface area contributed by atoms with Gasteiger partial charge in [-0.2, -0.15) is 0 Å². The van der Waals surface area contributed by atoms with Crippen molar-refractivity contribution in [2.45, 2.75) is 39.2 Å². The molecule has 2 fully saturated rings. The smallest absolute Gasteiger partial charge is 0.255 e. The summed E-state index contributed by atoms with van der Waals surface area (Å²) < 4.78 is 5.43. The van der Waals surface area contributed by atoms with E-state index in [9.17, 15) is 4.79 Å². The summed E-state index contributed by atoms with van der Waals surface area (Å²) in [5, 5.41) is 0. The highest BCUT2D eigenvalue weighted by molar-refractivity contribution is 5.95. The van der Waals surface area contributed by atoms with Crippen molar-refractivity contribution in [1.29, 1.82) is 0 Å². The second-order valence-electron chi connectivity index (χ2n) is 6.65. The topological polar surface area (TPSA) is 45.7 Å². The Morgan fingerprint density at radius 3 is 2.74 bits per heavy atom. The SMILES string of the molecule is Cc1ccc(C(=O)N2CCCC[C@H]2CN2CCOCC2)c(C)n1. The van der Waals surface area contributed by atoms with Gasteiger partial charge in [0, 0.05) is 37.9 Å². The second kappa shape index (κ2) is 7.41. The van der Waals surface area contributed by atoms with Gasteiger partial charge in [-0.15, -0.1) is 0 Å². The van der Waals surface area contributed by atoms with Crippen LogP contribution in [0.4, 0.5) is 0 Å². The van der Waals surface area contributed by atoms with Crippen LogP contribution >= 0.6 is 0 Å². The number of morpholine rings is 1. The molecule has 3 heterocycles. The molecular formula is C18H27N3O2. The molecule has 0 unspecified atom stereocenters. The van der Waals surface area contributed by atoms with Gasteiger partial charge in [0.1, 0.15) is 0 Å². The highest BCUT2D eigenvalue weighted by Crippen LogP contribution is 2.22. The minimum Gasteiger partial charge on any atom is -0.379 e. The lowest BCUT2D eigenvalue weighted by Crippen LogP contribution is -2.51. The fourth-order valence-electron chi connectivity index (χ4n) is 3.61. The van der Waals surface area contributed by atoms with Crippen LogP contribution in [-0.2, 0) is 4.74 Å². The third kappa shape index (κ3) is 3.90. The van der Waals surface area contributed by atoms with Crippen molar-refractivity contribution in [2.75, 3.05) is 39.4 Å². The van der Waals surface area contributed by atoms with E-state index in [1.165, 1.54) is 6.42 Å². The van der Waals surface area contributed by atoms with Gasteiger partial charge in [-0.1, -0.05) is 0 Å². The van der Waals surface area contributed by atoms with Crippen LogP contribution in [0.15, 0.2) is 12.1 Å². The van der Waals surface area contributed by atoms with Gasteiger partial charge in [0.05, 0.1) is 24.5 Å². The van der Waals surface area contributed by atoms with Crippen LogP contribution < -0.4 is 0 Å². The Morgan fingerprint density at radius 2 is 2.00 bits per heavy atom. The molecule has 1 aromatic rings. The number of hydrogen-bond donors (Lipinski definition) is 0. The first-order valence-corrected chi connectivity index (χ1v) is 8.70. The average Bonchev–Trinajstić information content (AvgIpc) is 2.56. The van der Waals surface area contributed by atoms with Gasteiger partial charge in [0.2, 0.25) is 0 Å². The van der Waals surface area contributed by atoms with E-state index in [0.717, 1.165) is 69.2 Å². The molecule has 0 bridgehead atoms. The van der Waals surface area contributed by atoms with Gasteiger partial charge in [0.15, 0.2) is 0 Å². The Hall–Kier alpha value is -1.46. The van der Waals surface area contributed by atoms with E-state index in [-0.39, 0.29) is 5.91 Å². The molecule has 126 valence electrons. The number of likely N-dealkylation sites (tertiary alicyclic amines) is 1. The van der Waals surface area contributed by atoms with Crippen LogP contribution in [0.2, 0.25) is 0 Å². The molecule has 1 aromatic heterocycles. The molecule has 2 saturated heterocycles. The van der Waals surface area contributed by atoms with Crippen LogP contribution in [0.1, 0.15) is 41.0 Å². The standard InChI is InChI=1S/C18H27N3O2/c1-14-6-7-17(15(2)19-14)18(22)21-8-4-3-5-16(21)13-20-9-11-23-12-10-20/h6-7,16H,3-5,8-13H2,1-2H3/t16-/m0/s1. The Morgan fingerprint density at radius 1 is 1.22 bits per heavy atom. The Bertz CT molecular complexity index is 555. The largest absolute Gasteiger partial charge is 0.379 e. The molecule has 0 aliphatic carbocycles. The summed E-state index contributed by atoms with van der Waals surface area (Å²) in [6.07, 6.45) is 3.41. The number of aromatic nitrogens is 1. The average molecular weight is 317 g/mol. The fourth-order valence-corrected chi connectivity index (χ4v) is 3.61. The van der Waals surface area contributed by atoms with Gasteiger partial charge in [-0.3, -0.25) is 14.7 Å². The molecule has 0 aromatic carbocycles. The lowest BCUT2D eigenvalue weighted by molar-refractivity contribution is 0.0166. The molecule has 2 aliphatic heterocycles. The van der Waals surface area contributed by atoms with E-state index in [1.807, 2.05) is 26.0 Å². The quantitative estimate of drug-likeness (QED) is 0.856. The molecule has 0 radical (unpaired) electrons. The summed E-state index contributed by atoms with van der Waals surface area (Å²) in [6.45, 7) is 9.29. The number of carbonyl (C=O) groups is 1. The van der Waals surface area contributed by atoms with Crippen molar-refractivity contribution in [2.24, 2.45) is 0 Å². The van der Waals surface area contributed by atoms with Crippen LogP contribution in [-0.4, -0.2) is 66.1 Å². The van der Waals surface area contributed by atoms with Crippen molar-refractivity contribution in [3.05, 3.63) is 29.1 Å². The number of rotatable bonds is 3. The highest BCUT2D eigenvalue weighted by Gasteiger charge is 2.30. The van der Waals surface area contributed by atoms with Crippen molar-refractivity contribution in [3.63, 3.8) is 0 Å². The molecular weight excluding hydrogens is 290 g/mol. The first kappa shape index (κ1) is 16.4. The number of nitrogens with zero attached hydrogens (tertiary/aromatic N) is 3. The van der Waals surface area contributed by atoms with Crippen molar-refractivity contribution in [3.8, 4) is 0 Å². The zero-order valence-electron chi connectivity index (χ0n) is 14.3. The monoisotopic (exact) mass is 317 g/mol. The van der Waals surface area contributed by atoms with E-state index in [4.69, 9.17) is 4.74 Å². The third-order valence-electron chi connectivity index (χ3n) is 4.92. The maximum atomic E-state index is 13.0. The van der Waals surface area contributed by atoms with Crippen LogP contribution in [0, 0.1) is 13.8 Å². The summed E-state index contributed by atoms with van der Waals surface area (Å²) in [5.74, 6) is 0.146. The maximum Gasteiger partial charge on any atom is 0.255 e. The fraction of sp³-hybridized carbons (Fsp3) is 0.667. The third-order valence-corrected chi connectivity index (χ3v) is 4.92. The van der Waals surface area contributed by atoms with E-state index >= 15 is 0 Å². The summed E-state index contributed by atoms with van der Waals surface area (Å²) in [4.78, 5) is 22.0. The molecule has 2 aliphatic rings. The van der Waals surface area contributed by atoms with Gasteiger partial charge in [-0.25, -0.2) is 0 Å². The first-order chi connectivity index (χ1) is 11.1. The zero-order valence-corrected chi connectivity index (χ0v) is 14.3. The van der Waals surface area contributed by atoms with E-state index in [0.29, 0.717) is 6.04 Å². The van der Waals surface area contributed by atoms with E-state index in [2.05, 4.69) is 14.8 Å². The van der Waals surface area contributed by atoms with Crippen molar-refractivity contribution < 1.29 is 9.53 Å². The molecule has 0 N–H and O–H groups in total. The minimum atomic E-state index is 0.146. The summed E-state index contributed by atoms with van der Waals surface area (Å²) in [7, 11) is 0. The number of pyridine rings is 1. The first-order valence-electron chi connectivity index (χ1n) is 8.70. The maximum absolute atomic E-state index is 13.0. The van der Waals surface area contributed by atoms with Crippen LogP contribution in [0.25, 0.3) is 0 Å². The number of carbonyl (C=O) groups excluding carboxylic acids is 1. The Labute approximate surface area is 138 Å². The van der Waals surface area contributed by atoms with Crippen LogP contribution in [0.5, 0.6) is 0 Å².